The Morgan fingerprint density at radius 1 is 1.26 bits per heavy atom. The van der Waals surface area contributed by atoms with Crippen LogP contribution in [0.15, 0.2) is 53.6 Å². The molecule has 0 saturated carbocycles. The van der Waals surface area contributed by atoms with Crippen LogP contribution in [0.4, 0.5) is 5.82 Å². The molecule has 0 aromatic carbocycles. The minimum absolute atomic E-state index is 0.0716. The Hall–Kier alpha value is -3.09. The molecule has 1 saturated heterocycles. The molecule has 27 heavy (non-hydrogen) atoms. The topological polar surface area (TPSA) is 71.6 Å². The van der Waals surface area contributed by atoms with Crippen molar-refractivity contribution >= 4 is 17.2 Å². The van der Waals surface area contributed by atoms with Crippen LogP contribution in [0.3, 0.4) is 0 Å². The molecular weight excluding hydrogens is 342 g/mol. The summed E-state index contributed by atoms with van der Waals surface area (Å²) in [6.45, 7) is 1.43. The van der Waals surface area contributed by atoms with Gasteiger partial charge in [-0.2, -0.15) is 5.10 Å². The number of nitrogens with one attached hydrogen (secondary N) is 1. The van der Waals surface area contributed by atoms with E-state index in [2.05, 4.69) is 15.3 Å². The normalized spacial score (nSPS) is 17.2. The number of rotatable bonds is 4. The average molecular weight is 365 g/mol. The van der Waals surface area contributed by atoms with Crippen molar-refractivity contribution in [3.8, 4) is 0 Å². The van der Waals surface area contributed by atoms with E-state index in [1.807, 2.05) is 41.1 Å². The van der Waals surface area contributed by atoms with Gasteiger partial charge in [-0.3, -0.25) is 9.59 Å². The third-order valence-electron chi connectivity index (χ3n) is 5.13. The predicted octanol–water partition coefficient (Wildman–Crippen LogP) is 1.82. The van der Waals surface area contributed by atoms with Gasteiger partial charge in [0.1, 0.15) is 5.82 Å². The van der Waals surface area contributed by atoms with Crippen LogP contribution in [0.25, 0.3) is 5.52 Å². The van der Waals surface area contributed by atoms with Crippen molar-refractivity contribution in [3.05, 3.63) is 64.7 Å². The Labute approximate surface area is 157 Å². The number of nitrogens with zero attached hydrogens (tertiary/aromatic N) is 4. The number of carbonyl (C=O) groups is 1. The summed E-state index contributed by atoms with van der Waals surface area (Å²) in [5.41, 5.74) is 1.53. The lowest BCUT2D eigenvalue weighted by molar-refractivity contribution is 0.0949. The van der Waals surface area contributed by atoms with Gasteiger partial charge in [0.2, 0.25) is 0 Å². The summed E-state index contributed by atoms with van der Waals surface area (Å²) in [5.74, 6) is 0.711. The first-order valence-electron chi connectivity index (χ1n) is 9.28. The zero-order valence-corrected chi connectivity index (χ0v) is 15.3. The summed E-state index contributed by atoms with van der Waals surface area (Å²) < 4.78 is 3.29. The van der Waals surface area contributed by atoms with Gasteiger partial charge in [0.25, 0.3) is 11.5 Å². The molecule has 4 rings (SSSR count). The molecule has 3 aromatic heterocycles. The van der Waals surface area contributed by atoms with Crippen LogP contribution in [-0.4, -0.2) is 39.2 Å². The second kappa shape index (κ2) is 7.26. The van der Waals surface area contributed by atoms with Crippen molar-refractivity contribution < 1.29 is 4.79 Å². The summed E-state index contributed by atoms with van der Waals surface area (Å²) >= 11 is 0. The number of pyridine rings is 1. The van der Waals surface area contributed by atoms with Crippen molar-refractivity contribution in [1.29, 1.82) is 0 Å². The molecule has 1 unspecified atom stereocenters. The molecule has 0 spiro atoms. The zero-order valence-electron chi connectivity index (χ0n) is 15.3. The number of anilines is 1. The highest BCUT2D eigenvalue weighted by Gasteiger charge is 2.24. The predicted molar refractivity (Wildman–Crippen MR) is 104 cm³/mol. The van der Waals surface area contributed by atoms with E-state index in [0.717, 1.165) is 37.1 Å². The summed E-state index contributed by atoms with van der Waals surface area (Å²) in [6, 6.07) is 11.2. The highest BCUT2D eigenvalue weighted by molar-refractivity contribution is 5.95. The van der Waals surface area contributed by atoms with Crippen LogP contribution in [-0.2, 0) is 7.05 Å². The Morgan fingerprint density at radius 2 is 2.15 bits per heavy atom. The van der Waals surface area contributed by atoms with Gasteiger partial charge >= 0.3 is 0 Å². The Balaban J connectivity index is 1.47. The van der Waals surface area contributed by atoms with E-state index in [9.17, 15) is 9.59 Å². The number of aryl methyl sites for hydroxylation is 1. The van der Waals surface area contributed by atoms with Gasteiger partial charge in [-0.05, 0) is 43.5 Å². The standard InChI is InChI=1S/C20H23N5O2/c1-23-19(26)9-8-18(22-23)25-11-5-3-7-17(25)13-21-20(27)15-12-16-6-2-4-10-24(16)14-15/h2,4,6,8-10,12,14,17H,3,5,7,11,13H2,1H3,(H,21,27). The summed E-state index contributed by atoms with van der Waals surface area (Å²) in [7, 11) is 1.66. The van der Waals surface area contributed by atoms with Crippen LogP contribution in [0.5, 0.6) is 0 Å². The monoisotopic (exact) mass is 365 g/mol. The maximum atomic E-state index is 12.6. The van der Waals surface area contributed by atoms with E-state index in [4.69, 9.17) is 0 Å². The molecule has 1 atom stereocenters. The first-order chi connectivity index (χ1) is 13.1. The molecule has 3 aromatic rings. The lowest BCUT2D eigenvalue weighted by Gasteiger charge is -2.36. The van der Waals surface area contributed by atoms with E-state index in [0.29, 0.717) is 12.1 Å². The molecule has 1 fully saturated rings. The van der Waals surface area contributed by atoms with E-state index in [-0.39, 0.29) is 17.5 Å². The zero-order chi connectivity index (χ0) is 18.8. The van der Waals surface area contributed by atoms with Crippen LogP contribution in [0.1, 0.15) is 29.6 Å². The average Bonchev–Trinajstić information content (AvgIpc) is 3.13. The second-order valence-corrected chi connectivity index (χ2v) is 6.97. The number of hydrogen-bond donors (Lipinski definition) is 1. The highest BCUT2D eigenvalue weighted by Crippen LogP contribution is 2.22. The molecule has 1 aliphatic heterocycles. The number of hydrogen-bond acceptors (Lipinski definition) is 4. The van der Waals surface area contributed by atoms with Crippen molar-refractivity contribution in [2.45, 2.75) is 25.3 Å². The molecule has 140 valence electrons. The number of fused-ring (bicyclic) bond motifs is 1. The molecule has 1 N–H and O–H groups in total. The maximum absolute atomic E-state index is 12.6. The molecule has 0 bridgehead atoms. The van der Waals surface area contributed by atoms with Gasteiger partial charge in [-0.15, -0.1) is 0 Å². The minimum Gasteiger partial charge on any atom is -0.350 e. The van der Waals surface area contributed by atoms with E-state index >= 15 is 0 Å². The van der Waals surface area contributed by atoms with Crippen LogP contribution >= 0.6 is 0 Å². The third-order valence-corrected chi connectivity index (χ3v) is 5.13. The number of carbonyl (C=O) groups excluding carboxylic acids is 1. The van der Waals surface area contributed by atoms with Crippen molar-refractivity contribution in [2.24, 2.45) is 7.05 Å². The fourth-order valence-electron chi connectivity index (χ4n) is 3.65. The first-order valence-corrected chi connectivity index (χ1v) is 9.28. The SMILES string of the molecule is Cn1nc(N2CCCCC2CNC(=O)c2cc3ccccn3c2)ccc1=O. The van der Waals surface area contributed by atoms with Crippen molar-refractivity contribution in [2.75, 3.05) is 18.0 Å². The fourth-order valence-corrected chi connectivity index (χ4v) is 3.65. The maximum Gasteiger partial charge on any atom is 0.266 e. The van der Waals surface area contributed by atoms with Gasteiger partial charge in [0.15, 0.2) is 0 Å². The van der Waals surface area contributed by atoms with Gasteiger partial charge in [-0.1, -0.05) is 6.07 Å². The quantitative estimate of drug-likeness (QED) is 0.766. The number of aromatic nitrogens is 3. The highest BCUT2D eigenvalue weighted by atomic mass is 16.1. The molecule has 1 amide bonds. The van der Waals surface area contributed by atoms with E-state index in [1.54, 1.807) is 19.2 Å². The van der Waals surface area contributed by atoms with E-state index in [1.165, 1.54) is 4.68 Å². The van der Waals surface area contributed by atoms with Crippen molar-refractivity contribution in [1.82, 2.24) is 19.5 Å². The van der Waals surface area contributed by atoms with Gasteiger partial charge in [0.05, 0.1) is 5.56 Å². The molecular formula is C20H23N5O2. The van der Waals surface area contributed by atoms with E-state index < -0.39 is 0 Å². The van der Waals surface area contributed by atoms with Gasteiger partial charge in [0, 0.05) is 50.2 Å². The minimum atomic E-state index is -0.124. The largest absolute Gasteiger partial charge is 0.350 e. The Kier molecular flexibility index (Phi) is 4.66. The Morgan fingerprint density at radius 3 is 2.96 bits per heavy atom. The lowest BCUT2D eigenvalue weighted by Crippen LogP contribution is -2.47. The first kappa shape index (κ1) is 17.3. The summed E-state index contributed by atoms with van der Waals surface area (Å²) in [6.07, 6.45) is 6.97. The number of amides is 1. The van der Waals surface area contributed by atoms with Crippen LogP contribution in [0, 0.1) is 0 Å². The molecule has 7 heteroatoms. The molecule has 4 heterocycles. The third kappa shape index (κ3) is 3.58. The van der Waals surface area contributed by atoms with Crippen LogP contribution < -0.4 is 15.8 Å². The Bertz CT molecular complexity index is 989. The fraction of sp³-hybridized carbons (Fsp3) is 0.350. The van der Waals surface area contributed by atoms with Crippen molar-refractivity contribution in [3.63, 3.8) is 0 Å². The lowest BCUT2D eigenvalue weighted by atomic mass is 10.0. The number of piperidine rings is 1. The summed E-state index contributed by atoms with van der Waals surface area (Å²) in [5, 5.41) is 7.44. The molecule has 7 nitrogen and oxygen atoms in total. The molecule has 0 radical (unpaired) electrons. The second-order valence-electron chi connectivity index (χ2n) is 6.97. The summed E-state index contributed by atoms with van der Waals surface area (Å²) in [4.78, 5) is 26.4. The smallest absolute Gasteiger partial charge is 0.266 e. The van der Waals surface area contributed by atoms with Crippen LogP contribution in [0.2, 0.25) is 0 Å². The van der Waals surface area contributed by atoms with Gasteiger partial charge < -0.3 is 14.6 Å². The molecule has 1 aliphatic rings. The van der Waals surface area contributed by atoms with Gasteiger partial charge in [-0.25, -0.2) is 4.68 Å². The molecule has 0 aliphatic carbocycles.